The van der Waals surface area contributed by atoms with Crippen LogP contribution in [-0.4, -0.2) is 5.97 Å². The minimum Gasteiger partial charge on any atom is -0.486 e. The Balaban J connectivity index is 1.85. The van der Waals surface area contributed by atoms with E-state index >= 15 is 0 Å². The van der Waals surface area contributed by atoms with Gasteiger partial charge in [0.05, 0.1) is 0 Å². The molecule has 0 N–H and O–H groups in total. The van der Waals surface area contributed by atoms with E-state index in [2.05, 4.69) is 55.5 Å². The first-order valence-corrected chi connectivity index (χ1v) is 10.2. The van der Waals surface area contributed by atoms with Gasteiger partial charge in [0, 0.05) is 6.92 Å². The number of unbranched alkanes of at least 4 members (excludes halogenated alkanes) is 1. The molecular formula is C26H28O3. The second kappa shape index (κ2) is 9.92. The molecule has 150 valence electrons. The largest absolute Gasteiger partial charge is 0.486 e. The van der Waals surface area contributed by atoms with Crippen LogP contribution in [0.3, 0.4) is 0 Å². The van der Waals surface area contributed by atoms with E-state index in [0.717, 1.165) is 30.6 Å². The average Bonchev–Trinajstić information content (AvgIpc) is 2.73. The number of ether oxygens (including phenoxy) is 2. The van der Waals surface area contributed by atoms with Crippen LogP contribution >= 0.6 is 0 Å². The van der Waals surface area contributed by atoms with Crippen LogP contribution in [0.1, 0.15) is 50.3 Å². The molecule has 0 saturated carbocycles. The summed E-state index contributed by atoms with van der Waals surface area (Å²) in [7, 11) is 0. The third-order valence-corrected chi connectivity index (χ3v) is 4.86. The SMILES string of the molecule is CCCCC(Oc1ccc(OC(C)=O)c(C)c1)c1cccc(-c2ccccc2)c1. The van der Waals surface area contributed by atoms with Gasteiger partial charge in [0.15, 0.2) is 0 Å². The molecule has 1 unspecified atom stereocenters. The van der Waals surface area contributed by atoms with Gasteiger partial charge in [0.2, 0.25) is 0 Å². The number of esters is 1. The van der Waals surface area contributed by atoms with Crippen molar-refractivity contribution >= 4 is 5.97 Å². The fourth-order valence-corrected chi connectivity index (χ4v) is 3.36. The van der Waals surface area contributed by atoms with Crippen LogP contribution in [-0.2, 0) is 4.79 Å². The third kappa shape index (κ3) is 5.71. The molecule has 0 aliphatic rings. The second-order valence-electron chi connectivity index (χ2n) is 7.26. The van der Waals surface area contributed by atoms with Crippen LogP contribution in [0.4, 0.5) is 0 Å². The highest BCUT2D eigenvalue weighted by Gasteiger charge is 2.15. The van der Waals surface area contributed by atoms with E-state index < -0.39 is 0 Å². The molecule has 3 aromatic rings. The lowest BCUT2D eigenvalue weighted by atomic mass is 9.98. The molecule has 0 aromatic heterocycles. The maximum atomic E-state index is 11.2. The predicted octanol–water partition coefficient (Wildman–Crippen LogP) is 6.90. The molecule has 0 saturated heterocycles. The molecule has 0 spiro atoms. The summed E-state index contributed by atoms with van der Waals surface area (Å²) in [5.74, 6) is 1.03. The van der Waals surface area contributed by atoms with Gasteiger partial charge in [0.25, 0.3) is 0 Å². The quantitative estimate of drug-likeness (QED) is 0.311. The van der Waals surface area contributed by atoms with Gasteiger partial charge in [-0.1, -0.05) is 61.9 Å². The maximum Gasteiger partial charge on any atom is 0.308 e. The van der Waals surface area contributed by atoms with Crippen molar-refractivity contribution in [3.63, 3.8) is 0 Å². The van der Waals surface area contributed by atoms with E-state index in [1.54, 1.807) is 6.07 Å². The number of carbonyl (C=O) groups is 1. The number of hydrogen-bond donors (Lipinski definition) is 0. The van der Waals surface area contributed by atoms with Crippen molar-refractivity contribution in [2.75, 3.05) is 0 Å². The Kier molecular flexibility index (Phi) is 7.07. The molecular weight excluding hydrogens is 360 g/mol. The summed E-state index contributed by atoms with van der Waals surface area (Å²) in [5.41, 5.74) is 4.44. The van der Waals surface area contributed by atoms with E-state index in [1.807, 2.05) is 25.1 Å². The summed E-state index contributed by atoms with van der Waals surface area (Å²) in [6.07, 6.45) is 3.12. The van der Waals surface area contributed by atoms with E-state index in [9.17, 15) is 4.79 Å². The predicted molar refractivity (Wildman–Crippen MR) is 117 cm³/mol. The van der Waals surface area contributed by atoms with Crippen LogP contribution in [0.25, 0.3) is 11.1 Å². The lowest BCUT2D eigenvalue weighted by Gasteiger charge is -2.21. The Morgan fingerprint density at radius 1 is 0.931 bits per heavy atom. The fraction of sp³-hybridized carbons (Fsp3) is 0.269. The molecule has 0 amide bonds. The molecule has 0 bridgehead atoms. The molecule has 1 atom stereocenters. The Morgan fingerprint density at radius 3 is 2.38 bits per heavy atom. The van der Waals surface area contributed by atoms with Crippen molar-refractivity contribution < 1.29 is 14.3 Å². The second-order valence-corrected chi connectivity index (χ2v) is 7.26. The number of rotatable bonds is 8. The molecule has 0 aliphatic heterocycles. The average molecular weight is 389 g/mol. The van der Waals surface area contributed by atoms with Crippen LogP contribution < -0.4 is 9.47 Å². The van der Waals surface area contributed by atoms with Gasteiger partial charge in [-0.2, -0.15) is 0 Å². The highest BCUT2D eigenvalue weighted by molar-refractivity contribution is 5.70. The van der Waals surface area contributed by atoms with Crippen LogP contribution in [0.15, 0.2) is 72.8 Å². The van der Waals surface area contributed by atoms with Crippen molar-refractivity contribution in [1.29, 1.82) is 0 Å². The zero-order valence-corrected chi connectivity index (χ0v) is 17.4. The minimum atomic E-state index is -0.319. The molecule has 3 nitrogen and oxygen atoms in total. The van der Waals surface area contributed by atoms with Crippen LogP contribution in [0, 0.1) is 6.92 Å². The van der Waals surface area contributed by atoms with Gasteiger partial charge in [0.1, 0.15) is 17.6 Å². The first-order valence-electron chi connectivity index (χ1n) is 10.2. The van der Waals surface area contributed by atoms with Crippen LogP contribution in [0.2, 0.25) is 0 Å². The Morgan fingerprint density at radius 2 is 1.69 bits per heavy atom. The van der Waals surface area contributed by atoms with E-state index in [-0.39, 0.29) is 12.1 Å². The van der Waals surface area contributed by atoms with E-state index in [0.29, 0.717) is 5.75 Å². The first kappa shape index (κ1) is 20.7. The highest BCUT2D eigenvalue weighted by Crippen LogP contribution is 2.32. The molecule has 0 aliphatic carbocycles. The number of aryl methyl sites for hydroxylation is 1. The fourth-order valence-electron chi connectivity index (χ4n) is 3.36. The minimum absolute atomic E-state index is 0.0300. The van der Waals surface area contributed by atoms with Crippen LogP contribution in [0.5, 0.6) is 11.5 Å². The topological polar surface area (TPSA) is 35.5 Å². The highest BCUT2D eigenvalue weighted by atomic mass is 16.5. The maximum absolute atomic E-state index is 11.2. The lowest BCUT2D eigenvalue weighted by molar-refractivity contribution is -0.131. The van der Waals surface area contributed by atoms with Gasteiger partial charge in [-0.15, -0.1) is 0 Å². The molecule has 3 heteroatoms. The molecule has 0 heterocycles. The normalized spacial score (nSPS) is 11.7. The summed E-state index contributed by atoms with van der Waals surface area (Å²) in [4.78, 5) is 11.2. The zero-order valence-electron chi connectivity index (χ0n) is 17.4. The standard InChI is InChI=1S/C26H28O3/c1-4-5-14-26(29-24-15-16-25(19(2)17-24)28-20(3)27)23-13-9-12-22(18-23)21-10-7-6-8-11-21/h6-13,15-18,26H,4-5,14H2,1-3H3. The molecule has 0 fully saturated rings. The summed E-state index contributed by atoms with van der Waals surface area (Å²) in [6, 6.07) is 24.6. The summed E-state index contributed by atoms with van der Waals surface area (Å²) >= 11 is 0. The van der Waals surface area contributed by atoms with Crippen molar-refractivity contribution in [2.24, 2.45) is 0 Å². The van der Waals surface area contributed by atoms with E-state index in [4.69, 9.17) is 9.47 Å². The lowest BCUT2D eigenvalue weighted by Crippen LogP contribution is -2.08. The van der Waals surface area contributed by atoms with Gasteiger partial charge in [-0.05, 0) is 66.3 Å². The Hall–Kier alpha value is -3.07. The van der Waals surface area contributed by atoms with Gasteiger partial charge < -0.3 is 9.47 Å². The van der Waals surface area contributed by atoms with Gasteiger partial charge >= 0.3 is 5.97 Å². The molecule has 3 aromatic carbocycles. The van der Waals surface area contributed by atoms with E-state index in [1.165, 1.54) is 23.6 Å². The van der Waals surface area contributed by atoms with Gasteiger partial charge in [-0.25, -0.2) is 0 Å². The van der Waals surface area contributed by atoms with Crippen molar-refractivity contribution in [3.05, 3.63) is 83.9 Å². The molecule has 29 heavy (non-hydrogen) atoms. The van der Waals surface area contributed by atoms with Crippen molar-refractivity contribution in [1.82, 2.24) is 0 Å². The number of benzene rings is 3. The van der Waals surface area contributed by atoms with Crippen molar-refractivity contribution in [2.45, 2.75) is 46.1 Å². The number of carbonyl (C=O) groups excluding carboxylic acids is 1. The van der Waals surface area contributed by atoms with Crippen molar-refractivity contribution in [3.8, 4) is 22.6 Å². The molecule has 0 radical (unpaired) electrons. The smallest absolute Gasteiger partial charge is 0.308 e. The molecule has 3 rings (SSSR count). The monoisotopic (exact) mass is 388 g/mol. The first-order chi connectivity index (χ1) is 14.1. The summed E-state index contributed by atoms with van der Waals surface area (Å²) in [6.45, 7) is 5.52. The summed E-state index contributed by atoms with van der Waals surface area (Å²) in [5, 5.41) is 0. The zero-order chi connectivity index (χ0) is 20.6. The van der Waals surface area contributed by atoms with Gasteiger partial charge in [-0.3, -0.25) is 4.79 Å². The summed E-state index contributed by atoms with van der Waals surface area (Å²) < 4.78 is 11.6. The Labute approximate surface area is 173 Å². The Bertz CT molecular complexity index is 947. The third-order valence-electron chi connectivity index (χ3n) is 4.86. The number of hydrogen-bond acceptors (Lipinski definition) is 3.